The van der Waals surface area contributed by atoms with Gasteiger partial charge in [0.15, 0.2) is 0 Å². The lowest BCUT2D eigenvalue weighted by Crippen LogP contribution is -2.31. The fourth-order valence-electron chi connectivity index (χ4n) is 2.47. The normalized spacial score (nSPS) is 17.8. The van der Waals surface area contributed by atoms with Crippen molar-refractivity contribution >= 4 is 0 Å². The van der Waals surface area contributed by atoms with Crippen molar-refractivity contribution < 1.29 is 5.11 Å². The predicted molar refractivity (Wildman–Crippen MR) is 68.2 cm³/mol. The Morgan fingerprint density at radius 1 is 1.41 bits per heavy atom. The second-order valence-electron chi connectivity index (χ2n) is 5.06. The minimum absolute atomic E-state index is 0.0213. The molecule has 0 spiro atoms. The van der Waals surface area contributed by atoms with Gasteiger partial charge in [0.25, 0.3) is 5.56 Å². The number of nitrogens with zero attached hydrogens (tertiary/aromatic N) is 1. The Hall–Kier alpha value is -1.09. The smallest absolute Gasteiger partial charge is 0.250 e. The van der Waals surface area contributed by atoms with E-state index in [9.17, 15) is 9.90 Å². The molecule has 0 radical (unpaired) electrons. The highest BCUT2D eigenvalue weighted by atomic mass is 16.3. The molecule has 3 nitrogen and oxygen atoms in total. The summed E-state index contributed by atoms with van der Waals surface area (Å²) < 4.78 is 1.78. The molecule has 1 heterocycles. The maximum Gasteiger partial charge on any atom is 0.250 e. The monoisotopic (exact) mass is 235 g/mol. The molecular weight excluding hydrogens is 214 g/mol. The number of rotatable bonds is 4. The van der Waals surface area contributed by atoms with Crippen molar-refractivity contribution in [2.24, 2.45) is 5.92 Å². The topological polar surface area (TPSA) is 42.2 Å². The molecular formula is C14H21NO2. The summed E-state index contributed by atoms with van der Waals surface area (Å²) in [6.45, 7) is 4.53. The van der Waals surface area contributed by atoms with Gasteiger partial charge >= 0.3 is 0 Å². The second kappa shape index (κ2) is 5.05. The Morgan fingerprint density at radius 2 is 2.18 bits per heavy atom. The first-order valence-corrected chi connectivity index (χ1v) is 6.53. The summed E-state index contributed by atoms with van der Waals surface area (Å²) in [4.78, 5) is 11.9. The maximum atomic E-state index is 11.9. The number of fused-ring (bicyclic) bond motifs is 1. The zero-order valence-corrected chi connectivity index (χ0v) is 10.6. The summed E-state index contributed by atoms with van der Waals surface area (Å²) in [5, 5.41) is 10.1. The third-order valence-electron chi connectivity index (χ3n) is 3.92. The summed E-state index contributed by atoms with van der Waals surface area (Å²) in [6.07, 6.45) is 3.67. The standard InChI is InChI=1S/C14H21NO2/c1-3-10(2)13(16)9-15-12-6-4-5-11(12)7-8-14(15)17/h7-8,10,13,16H,3-6,9H2,1-2H3. The fraction of sp³-hybridized carbons (Fsp3) is 0.643. The largest absolute Gasteiger partial charge is 0.391 e. The predicted octanol–water partition coefficient (Wildman–Crippen LogP) is 1.74. The SMILES string of the molecule is CCC(C)C(O)Cn1c2c(ccc1=O)CCC2. The number of aliphatic hydroxyl groups is 1. The average molecular weight is 235 g/mol. The molecule has 0 saturated heterocycles. The van der Waals surface area contributed by atoms with Gasteiger partial charge in [-0.15, -0.1) is 0 Å². The van der Waals surface area contributed by atoms with Gasteiger partial charge in [0.2, 0.25) is 0 Å². The van der Waals surface area contributed by atoms with E-state index in [1.54, 1.807) is 10.6 Å². The van der Waals surface area contributed by atoms with E-state index in [2.05, 4.69) is 6.92 Å². The number of aromatic nitrogens is 1. The molecule has 1 N–H and O–H groups in total. The van der Waals surface area contributed by atoms with E-state index in [1.165, 1.54) is 5.56 Å². The van der Waals surface area contributed by atoms with Crippen LogP contribution in [0.4, 0.5) is 0 Å². The summed E-state index contributed by atoms with van der Waals surface area (Å²) in [7, 11) is 0. The molecule has 0 saturated carbocycles. The van der Waals surface area contributed by atoms with Crippen LogP contribution in [0.25, 0.3) is 0 Å². The summed E-state index contributed by atoms with van der Waals surface area (Å²) >= 11 is 0. The number of aryl methyl sites for hydroxylation is 1. The van der Waals surface area contributed by atoms with Crippen LogP contribution in [0.2, 0.25) is 0 Å². The molecule has 1 aromatic rings. The van der Waals surface area contributed by atoms with Crippen molar-refractivity contribution in [2.45, 2.75) is 52.2 Å². The number of pyridine rings is 1. The molecule has 2 atom stereocenters. The van der Waals surface area contributed by atoms with Crippen molar-refractivity contribution in [3.63, 3.8) is 0 Å². The molecule has 1 aromatic heterocycles. The zero-order chi connectivity index (χ0) is 12.4. The molecule has 2 rings (SSSR count). The number of aliphatic hydroxyl groups excluding tert-OH is 1. The highest BCUT2D eigenvalue weighted by Gasteiger charge is 2.19. The van der Waals surface area contributed by atoms with E-state index >= 15 is 0 Å². The van der Waals surface area contributed by atoms with Crippen LogP contribution in [0.15, 0.2) is 16.9 Å². The molecule has 94 valence electrons. The maximum absolute atomic E-state index is 11.9. The van der Waals surface area contributed by atoms with Crippen LogP contribution in [-0.2, 0) is 19.4 Å². The van der Waals surface area contributed by atoms with Crippen LogP contribution in [0.1, 0.15) is 37.9 Å². The molecule has 17 heavy (non-hydrogen) atoms. The van der Waals surface area contributed by atoms with Gasteiger partial charge in [-0.05, 0) is 30.7 Å². The van der Waals surface area contributed by atoms with Crippen LogP contribution in [0.3, 0.4) is 0 Å². The summed E-state index contributed by atoms with van der Waals surface area (Å²) in [5.74, 6) is 0.235. The third kappa shape index (κ3) is 2.44. The Bertz CT molecular complexity index is 450. The average Bonchev–Trinajstić information content (AvgIpc) is 2.80. The fourth-order valence-corrected chi connectivity index (χ4v) is 2.47. The van der Waals surface area contributed by atoms with Crippen molar-refractivity contribution in [1.82, 2.24) is 4.57 Å². The van der Waals surface area contributed by atoms with E-state index in [0.29, 0.717) is 6.54 Å². The van der Waals surface area contributed by atoms with Gasteiger partial charge in [0.05, 0.1) is 12.6 Å². The lowest BCUT2D eigenvalue weighted by molar-refractivity contribution is 0.0947. The van der Waals surface area contributed by atoms with Crippen molar-refractivity contribution in [3.8, 4) is 0 Å². The van der Waals surface area contributed by atoms with Crippen molar-refractivity contribution in [3.05, 3.63) is 33.7 Å². The van der Waals surface area contributed by atoms with Crippen LogP contribution in [0, 0.1) is 5.92 Å². The minimum atomic E-state index is -0.426. The molecule has 0 fully saturated rings. The van der Waals surface area contributed by atoms with Gasteiger partial charge in [-0.25, -0.2) is 0 Å². The third-order valence-corrected chi connectivity index (χ3v) is 3.92. The highest BCUT2D eigenvalue weighted by molar-refractivity contribution is 5.25. The Morgan fingerprint density at radius 3 is 2.88 bits per heavy atom. The quantitative estimate of drug-likeness (QED) is 0.864. The summed E-state index contributed by atoms with van der Waals surface area (Å²) in [6, 6.07) is 3.57. The first kappa shape index (κ1) is 12.4. The van der Waals surface area contributed by atoms with Gasteiger partial charge in [0.1, 0.15) is 0 Å². The van der Waals surface area contributed by atoms with Crippen molar-refractivity contribution in [1.29, 1.82) is 0 Å². The molecule has 0 amide bonds. The molecule has 1 aliphatic carbocycles. The van der Waals surface area contributed by atoms with E-state index in [4.69, 9.17) is 0 Å². The van der Waals surface area contributed by atoms with E-state index in [1.807, 2.05) is 13.0 Å². The van der Waals surface area contributed by atoms with Crippen LogP contribution >= 0.6 is 0 Å². The molecule has 0 aromatic carbocycles. The molecule has 0 aliphatic heterocycles. The van der Waals surface area contributed by atoms with Crippen LogP contribution in [0.5, 0.6) is 0 Å². The van der Waals surface area contributed by atoms with Crippen LogP contribution in [-0.4, -0.2) is 15.8 Å². The van der Waals surface area contributed by atoms with Crippen LogP contribution < -0.4 is 5.56 Å². The van der Waals surface area contributed by atoms with Gasteiger partial charge in [0, 0.05) is 11.8 Å². The first-order chi connectivity index (χ1) is 8.13. The minimum Gasteiger partial charge on any atom is -0.391 e. The zero-order valence-electron chi connectivity index (χ0n) is 10.6. The molecule has 0 bridgehead atoms. The van der Waals surface area contributed by atoms with E-state index in [0.717, 1.165) is 31.4 Å². The summed E-state index contributed by atoms with van der Waals surface area (Å²) in [5.41, 5.74) is 2.44. The van der Waals surface area contributed by atoms with Crippen molar-refractivity contribution in [2.75, 3.05) is 0 Å². The molecule has 3 heteroatoms. The van der Waals surface area contributed by atoms with E-state index in [-0.39, 0.29) is 11.5 Å². The van der Waals surface area contributed by atoms with Gasteiger partial charge in [-0.1, -0.05) is 26.3 Å². The first-order valence-electron chi connectivity index (χ1n) is 6.53. The van der Waals surface area contributed by atoms with Gasteiger partial charge in [-0.2, -0.15) is 0 Å². The molecule has 1 aliphatic rings. The highest BCUT2D eigenvalue weighted by Crippen LogP contribution is 2.21. The Labute approximate surface area is 102 Å². The number of hydrogen-bond donors (Lipinski definition) is 1. The van der Waals surface area contributed by atoms with E-state index < -0.39 is 6.10 Å². The number of hydrogen-bond acceptors (Lipinski definition) is 2. The second-order valence-corrected chi connectivity index (χ2v) is 5.06. The van der Waals surface area contributed by atoms with Gasteiger partial charge in [-0.3, -0.25) is 4.79 Å². The molecule has 2 unspecified atom stereocenters. The van der Waals surface area contributed by atoms with Gasteiger partial charge < -0.3 is 9.67 Å². The lowest BCUT2D eigenvalue weighted by Gasteiger charge is -2.20. The lowest BCUT2D eigenvalue weighted by atomic mass is 10.0. The Kier molecular flexibility index (Phi) is 3.67. The Balaban J connectivity index is 2.27.